The maximum atomic E-state index is 12.3. The predicted octanol–water partition coefficient (Wildman–Crippen LogP) is 3.67. The zero-order valence-electron chi connectivity index (χ0n) is 14.6. The second-order valence-corrected chi connectivity index (χ2v) is 6.87. The first kappa shape index (κ1) is 16.9. The minimum atomic E-state index is -0.308. The van der Waals surface area contributed by atoms with Crippen LogP contribution in [0.4, 0.5) is 11.6 Å². The van der Waals surface area contributed by atoms with Crippen molar-refractivity contribution in [1.82, 2.24) is 15.3 Å². The fourth-order valence-electron chi connectivity index (χ4n) is 2.22. The summed E-state index contributed by atoms with van der Waals surface area (Å²) in [5, 5.41) is 6.11. The summed E-state index contributed by atoms with van der Waals surface area (Å²) >= 11 is 0. The molecule has 0 saturated carbocycles. The standard InChI is InChI=1S/C18H24N4O/c1-11-7-8-14(12(2)9-11)20-17-19-13(3)10-15(21-17)16(23)22-18(4,5)6/h7-10H,1-6H3,(H,22,23)(H,19,20,21). The molecule has 0 aliphatic heterocycles. The molecule has 0 fully saturated rings. The Morgan fingerprint density at radius 1 is 1.04 bits per heavy atom. The molecule has 0 spiro atoms. The van der Waals surface area contributed by atoms with E-state index < -0.39 is 0 Å². The number of carbonyl (C=O) groups excluding carboxylic acids is 1. The van der Waals surface area contributed by atoms with Gasteiger partial charge in [0.25, 0.3) is 5.91 Å². The fourth-order valence-corrected chi connectivity index (χ4v) is 2.22. The highest BCUT2D eigenvalue weighted by Crippen LogP contribution is 2.20. The maximum Gasteiger partial charge on any atom is 0.270 e. The lowest BCUT2D eigenvalue weighted by Gasteiger charge is -2.20. The van der Waals surface area contributed by atoms with Crippen molar-refractivity contribution in [2.45, 2.75) is 47.1 Å². The Kier molecular flexibility index (Phi) is 4.68. The summed E-state index contributed by atoms with van der Waals surface area (Å²) < 4.78 is 0. The number of aryl methyl sites for hydroxylation is 3. The van der Waals surface area contributed by atoms with Gasteiger partial charge in [-0.05, 0) is 59.2 Å². The molecule has 1 aromatic heterocycles. The van der Waals surface area contributed by atoms with Crippen molar-refractivity contribution in [2.24, 2.45) is 0 Å². The minimum Gasteiger partial charge on any atom is -0.346 e. The Labute approximate surface area is 137 Å². The Morgan fingerprint density at radius 3 is 2.35 bits per heavy atom. The number of anilines is 2. The van der Waals surface area contributed by atoms with Crippen molar-refractivity contribution in [3.05, 3.63) is 46.8 Å². The molecular formula is C18H24N4O. The molecule has 1 aromatic carbocycles. The van der Waals surface area contributed by atoms with E-state index in [0.717, 1.165) is 16.9 Å². The van der Waals surface area contributed by atoms with Gasteiger partial charge in [0, 0.05) is 16.9 Å². The van der Waals surface area contributed by atoms with E-state index in [1.165, 1.54) is 5.56 Å². The Bertz CT molecular complexity index is 732. The van der Waals surface area contributed by atoms with Crippen LogP contribution < -0.4 is 10.6 Å². The van der Waals surface area contributed by atoms with E-state index in [2.05, 4.69) is 33.6 Å². The lowest BCUT2D eigenvalue weighted by molar-refractivity contribution is 0.0914. The summed E-state index contributed by atoms with van der Waals surface area (Å²) in [6.07, 6.45) is 0. The van der Waals surface area contributed by atoms with Crippen molar-refractivity contribution >= 4 is 17.5 Å². The summed E-state index contributed by atoms with van der Waals surface area (Å²) in [4.78, 5) is 21.0. The third-order valence-electron chi connectivity index (χ3n) is 3.20. The van der Waals surface area contributed by atoms with Crippen LogP contribution in [0.1, 0.15) is 48.1 Å². The second kappa shape index (κ2) is 6.36. The normalized spacial score (nSPS) is 11.2. The van der Waals surface area contributed by atoms with E-state index in [9.17, 15) is 4.79 Å². The third kappa shape index (κ3) is 4.77. The highest BCUT2D eigenvalue weighted by molar-refractivity contribution is 5.93. The van der Waals surface area contributed by atoms with Gasteiger partial charge in [0.05, 0.1) is 0 Å². The van der Waals surface area contributed by atoms with Crippen LogP contribution in [0.3, 0.4) is 0 Å². The highest BCUT2D eigenvalue weighted by atomic mass is 16.2. The Balaban J connectivity index is 2.28. The number of nitrogens with zero attached hydrogens (tertiary/aromatic N) is 2. The molecule has 2 rings (SSSR count). The van der Waals surface area contributed by atoms with Crippen LogP contribution in [0.2, 0.25) is 0 Å². The van der Waals surface area contributed by atoms with Gasteiger partial charge in [-0.25, -0.2) is 9.97 Å². The topological polar surface area (TPSA) is 66.9 Å². The van der Waals surface area contributed by atoms with Crippen molar-refractivity contribution in [2.75, 3.05) is 5.32 Å². The smallest absolute Gasteiger partial charge is 0.270 e. The van der Waals surface area contributed by atoms with Crippen LogP contribution in [0.5, 0.6) is 0 Å². The van der Waals surface area contributed by atoms with Gasteiger partial charge in [-0.1, -0.05) is 17.7 Å². The largest absolute Gasteiger partial charge is 0.346 e. The van der Waals surface area contributed by atoms with Gasteiger partial charge in [-0.15, -0.1) is 0 Å². The van der Waals surface area contributed by atoms with E-state index in [-0.39, 0.29) is 11.4 Å². The number of aromatic nitrogens is 2. The molecule has 1 heterocycles. The summed E-state index contributed by atoms with van der Waals surface area (Å²) in [7, 11) is 0. The maximum absolute atomic E-state index is 12.3. The average molecular weight is 312 g/mol. The van der Waals surface area contributed by atoms with Gasteiger partial charge in [0.2, 0.25) is 5.95 Å². The van der Waals surface area contributed by atoms with Gasteiger partial charge in [0.15, 0.2) is 0 Å². The Hall–Kier alpha value is -2.43. The van der Waals surface area contributed by atoms with E-state index >= 15 is 0 Å². The van der Waals surface area contributed by atoms with E-state index in [4.69, 9.17) is 0 Å². The third-order valence-corrected chi connectivity index (χ3v) is 3.20. The van der Waals surface area contributed by atoms with Gasteiger partial charge in [-0.3, -0.25) is 4.79 Å². The molecule has 0 atom stereocenters. The van der Waals surface area contributed by atoms with Crippen LogP contribution in [-0.4, -0.2) is 21.4 Å². The molecule has 2 aromatic rings. The molecule has 2 N–H and O–H groups in total. The summed E-state index contributed by atoms with van der Waals surface area (Å²) in [5.74, 6) is 0.225. The van der Waals surface area contributed by atoms with Gasteiger partial charge >= 0.3 is 0 Å². The average Bonchev–Trinajstić information content (AvgIpc) is 2.39. The summed E-state index contributed by atoms with van der Waals surface area (Å²) in [6.45, 7) is 11.7. The van der Waals surface area contributed by atoms with E-state index in [1.807, 2.05) is 46.8 Å². The molecule has 23 heavy (non-hydrogen) atoms. The lowest BCUT2D eigenvalue weighted by Crippen LogP contribution is -2.41. The number of carbonyl (C=O) groups is 1. The molecule has 5 heteroatoms. The summed E-state index contributed by atoms with van der Waals surface area (Å²) in [5.41, 5.74) is 4.03. The molecule has 0 saturated heterocycles. The number of rotatable bonds is 3. The first-order valence-corrected chi connectivity index (χ1v) is 7.66. The zero-order chi connectivity index (χ0) is 17.2. The van der Waals surface area contributed by atoms with Crippen molar-refractivity contribution in [3.8, 4) is 0 Å². The number of benzene rings is 1. The van der Waals surface area contributed by atoms with Gasteiger partial charge in [0.1, 0.15) is 5.69 Å². The van der Waals surface area contributed by atoms with Crippen molar-refractivity contribution in [1.29, 1.82) is 0 Å². The first-order valence-electron chi connectivity index (χ1n) is 7.66. The van der Waals surface area contributed by atoms with Crippen LogP contribution in [0.25, 0.3) is 0 Å². The Morgan fingerprint density at radius 2 is 1.74 bits per heavy atom. The quantitative estimate of drug-likeness (QED) is 0.907. The minimum absolute atomic E-state index is 0.202. The number of hydrogen-bond acceptors (Lipinski definition) is 4. The lowest BCUT2D eigenvalue weighted by atomic mass is 10.1. The molecule has 0 unspecified atom stereocenters. The fraction of sp³-hybridized carbons (Fsp3) is 0.389. The molecule has 1 amide bonds. The van der Waals surface area contributed by atoms with Crippen LogP contribution >= 0.6 is 0 Å². The van der Waals surface area contributed by atoms with Crippen molar-refractivity contribution < 1.29 is 4.79 Å². The molecule has 5 nitrogen and oxygen atoms in total. The molecule has 0 bridgehead atoms. The zero-order valence-corrected chi connectivity index (χ0v) is 14.6. The highest BCUT2D eigenvalue weighted by Gasteiger charge is 2.17. The van der Waals surface area contributed by atoms with E-state index in [0.29, 0.717) is 11.6 Å². The second-order valence-electron chi connectivity index (χ2n) is 6.87. The molecule has 122 valence electrons. The molecule has 0 aliphatic carbocycles. The van der Waals surface area contributed by atoms with E-state index in [1.54, 1.807) is 6.07 Å². The van der Waals surface area contributed by atoms with Crippen LogP contribution in [-0.2, 0) is 0 Å². The SMILES string of the molecule is Cc1ccc(Nc2nc(C)cc(C(=O)NC(C)(C)C)n2)c(C)c1. The van der Waals surface area contributed by atoms with Gasteiger partial charge < -0.3 is 10.6 Å². The molecule has 0 radical (unpaired) electrons. The van der Waals surface area contributed by atoms with Crippen molar-refractivity contribution in [3.63, 3.8) is 0 Å². The summed E-state index contributed by atoms with van der Waals surface area (Å²) in [6, 6.07) is 7.79. The molecule has 0 aliphatic rings. The molecular weight excluding hydrogens is 288 g/mol. The predicted molar refractivity (Wildman–Crippen MR) is 93.2 cm³/mol. The monoisotopic (exact) mass is 312 g/mol. The van der Waals surface area contributed by atoms with Gasteiger partial charge in [-0.2, -0.15) is 0 Å². The number of hydrogen-bond donors (Lipinski definition) is 2. The van der Waals surface area contributed by atoms with Crippen LogP contribution in [0, 0.1) is 20.8 Å². The number of nitrogens with one attached hydrogen (secondary N) is 2. The van der Waals surface area contributed by atoms with Crippen LogP contribution in [0.15, 0.2) is 24.3 Å². The first-order chi connectivity index (χ1) is 10.6. The number of amides is 1.